The minimum atomic E-state index is -0.925. The number of benzene rings is 1. The fraction of sp³-hybridized carbons (Fsp3) is 0.273. The molecule has 14 heavy (non-hydrogen) atoms. The number of halogens is 2. The quantitative estimate of drug-likeness (QED) is 0.727. The van der Waals surface area contributed by atoms with E-state index in [1.54, 1.807) is 6.92 Å². The van der Waals surface area contributed by atoms with Crippen LogP contribution in [-0.4, -0.2) is 4.57 Å². The van der Waals surface area contributed by atoms with Gasteiger partial charge in [0, 0.05) is 22.4 Å². The first-order valence-electron chi connectivity index (χ1n) is 4.48. The fourth-order valence-electron chi connectivity index (χ4n) is 1.71. The lowest BCUT2D eigenvalue weighted by Gasteiger charge is -2.04. The molecular weight excluding hydrogens is 245 g/mol. The summed E-state index contributed by atoms with van der Waals surface area (Å²) in [5, 5.41) is 1.08. The molecule has 1 aromatic carbocycles. The van der Waals surface area contributed by atoms with E-state index in [1.165, 1.54) is 0 Å². The average molecular weight is 256 g/mol. The van der Waals surface area contributed by atoms with Gasteiger partial charge in [0.25, 0.3) is 0 Å². The molecule has 0 bridgehead atoms. The van der Waals surface area contributed by atoms with Gasteiger partial charge in [0.2, 0.25) is 0 Å². The summed E-state index contributed by atoms with van der Waals surface area (Å²) in [6, 6.07) is 7.86. The van der Waals surface area contributed by atoms with Gasteiger partial charge in [-0.2, -0.15) is 0 Å². The van der Waals surface area contributed by atoms with Crippen LogP contribution >= 0.6 is 15.9 Å². The Bertz CT molecular complexity index is 473. The first-order valence-corrected chi connectivity index (χ1v) is 5.28. The highest BCUT2D eigenvalue weighted by Gasteiger charge is 2.10. The summed E-state index contributed by atoms with van der Waals surface area (Å²) in [7, 11) is 1.89. The van der Waals surface area contributed by atoms with E-state index < -0.39 is 6.17 Å². The molecule has 1 aromatic heterocycles. The van der Waals surface area contributed by atoms with Crippen molar-refractivity contribution in [3.63, 3.8) is 0 Å². The van der Waals surface area contributed by atoms with E-state index >= 15 is 0 Å². The molecule has 1 unspecified atom stereocenters. The predicted molar refractivity (Wildman–Crippen MR) is 60.1 cm³/mol. The van der Waals surface area contributed by atoms with Crippen LogP contribution in [0.2, 0.25) is 0 Å². The second kappa shape index (κ2) is 3.39. The Kier molecular flexibility index (Phi) is 2.35. The average Bonchev–Trinajstić information content (AvgIpc) is 2.44. The van der Waals surface area contributed by atoms with Gasteiger partial charge in [-0.1, -0.05) is 22.0 Å². The van der Waals surface area contributed by atoms with Gasteiger partial charge < -0.3 is 4.57 Å². The zero-order chi connectivity index (χ0) is 10.3. The number of fused-ring (bicyclic) bond motifs is 1. The zero-order valence-electron chi connectivity index (χ0n) is 8.09. The number of hydrogen-bond donors (Lipinski definition) is 0. The summed E-state index contributed by atoms with van der Waals surface area (Å²) in [5.74, 6) is 0. The third-order valence-electron chi connectivity index (χ3n) is 2.45. The molecule has 0 radical (unpaired) electrons. The fourth-order valence-corrected chi connectivity index (χ4v) is 2.06. The van der Waals surface area contributed by atoms with Crippen LogP contribution in [0.3, 0.4) is 0 Å². The molecular formula is C11H11BrFN. The second-order valence-electron chi connectivity index (χ2n) is 3.45. The lowest BCUT2D eigenvalue weighted by atomic mass is 10.2. The number of nitrogens with zero attached hydrogens (tertiary/aromatic N) is 1. The van der Waals surface area contributed by atoms with Crippen LogP contribution in [0.5, 0.6) is 0 Å². The van der Waals surface area contributed by atoms with Crippen molar-refractivity contribution in [3.8, 4) is 0 Å². The van der Waals surface area contributed by atoms with Crippen LogP contribution in [0.15, 0.2) is 28.7 Å². The van der Waals surface area contributed by atoms with E-state index in [1.807, 2.05) is 35.9 Å². The van der Waals surface area contributed by atoms with Gasteiger partial charge in [-0.3, -0.25) is 0 Å². The van der Waals surface area contributed by atoms with Crippen LogP contribution < -0.4 is 0 Å². The summed E-state index contributed by atoms with van der Waals surface area (Å²) in [6.07, 6.45) is -0.925. The third-order valence-corrected chi connectivity index (χ3v) is 2.95. The lowest BCUT2D eigenvalue weighted by Crippen LogP contribution is -1.96. The maximum absolute atomic E-state index is 13.2. The van der Waals surface area contributed by atoms with E-state index in [9.17, 15) is 4.39 Å². The maximum atomic E-state index is 13.2. The molecule has 0 N–H and O–H groups in total. The molecule has 1 atom stereocenters. The predicted octanol–water partition coefficient (Wildman–Crippen LogP) is 3.97. The number of alkyl halides is 1. The first kappa shape index (κ1) is 9.71. The number of rotatable bonds is 1. The summed E-state index contributed by atoms with van der Waals surface area (Å²) < 4.78 is 16.1. The van der Waals surface area contributed by atoms with Gasteiger partial charge in [0.1, 0.15) is 6.17 Å². The molecule has 2 rings (SSSR count). The molecule has 0 spiro atoms. The van der Waals surface area contributed by atoms with Crippen molar-refractivity contribution in [2.24, 2.45) is 7.05 Å². The topological polar surface area (TPSA) is 4.93 Å². The molecule has 0 saturated heterocycles. The second-order valence-corrected chi connectivity index (χ2v) is 4.36. The van der Waals surface area contributed by atoms with E-state index in [4.69, 9.17) is 0 Å². The van der Waals surface area contributed by atoms with Crippen molar-refractivity contribution in [1.82, 2.24) is 4.57 Å². The molecule has 0 aliphatic rings. The Morgan fingerprint density at radius 3 is 2.71 bits per heavy atom. The molecule has 1 nitrogen and oxygen atoms in total. The number of hydrogen-bond acceptors (Lipinski definition) is 0. The van der Waals surface area contributed by atoms with Gasteiger partial charge >= 0.3 is 0 Å². The zero-order valence-corrected chi connectivity index (χ0v) is 9.68. The summed E-state index contributed by atoms with van der Waals surface area (Å²) in [6.45, 7) is 1.56. The van der Waals surface area contributed by atoms with E-state index in [2.05, 4.69) is 15.9 Å². The molecule has 2 aromatic rings. The van der Waals surface area contributed by atoms with Gasteiger partial charge in [-0.25, -0.2) is 4.39 Å². The van der Waals surface area contributed by atoms with Crippen LogP contribution in [0.1, 0.15) is 18.8 Å². The van der Waals surface area contributed by atoms with Gasteiger partial charge in [-0.05, 0) is 25.1 Å². The van der Waals surface area contributed by atoms with E-state index in [-0.39, 0.29) is 0 Å². The highest BCUT2D eigenvalue weighted by atomic mass is 79.9. The smallest absolute Gasteiger partial charge is 0.137 e. The van der Waals surface area contributed by atoms with Crippen LogP contribution in [-0.2, 0) is 7.05 Å². The number of aromatic nitrogens is 1. The number of aryl methyl sites for hydroxylation is 1. The van der Waals surface area contributed by atoms with Crippen LogP contribution in [0.25, 0.3) is 10.9 Å². The normalized spacial score (nSPS) is 13.4. The third kappa shape index (κ3) is 1.46. The Morgan fingerprint density at radius 1 is 1.36 bits per heavy atom. The van der Waals surface area contributed by atoms with E-state index in [0.717, 1.165) is 21.1 Å². The largest absolute Gasteiger partial charge is 0.345 e. The highest BCUT2D eigenvalue weighted by molar-refractivity contribution is 9.10. The van der Waals surface area contributed by atoms with E-state index in [0.29, 0.717) is 0 Å². The minimum absolute atomic E-state index is 0.720. The molecule has 0 aliphatic heterocycles. The maximum Gasteiger partial charge on any atom is 0.137 e. The standard InChI is InChI=1S/C11H11BrFN/c1-7(13)10-5-8-3-4-9(12)6-11(8)14(10)2/h3-7H,1-2H3. The molecule has 0 saturated carbocycles. The molecule has 0 amide bonds. The van der Waals surface area contributed by atoms with Crippen molar-refractivity contribution in [3.05, 3.63) is 34.4 Å². The SMILES string of the molecule is CC(F)c1cc2ccc(Br)cc2n1C. The van der Waals surface area contributed by atoms with Crippen molar-refractivity contribution in [2.45, 2.75) is 13.1 Å². The van der Waals surface area contributed by atoms with Crippen molar-refractivity contribution in [1.29, 1.82) is 0 Å². The van der Waals surface area contributed by atoms with Gasteiger partial charge in [0.05, 0.1) is 5.69 Å². The highest BCUT2D eigenvalue weighted by Crippen LogP contribution is 2.27. The monoisotopic (exact) mass is 255 g/mol. The summed E-state index contributed by atoms with van der Waals surface area (Å²) in [4.78, 5) is 0. The minimum Gasteiger partial charge on any atom is -0.345 e. The molecule has 0 aliphatic carbocycles. The molecule has 1 heterocycles. The Labute approximate surface area is 90.7 Å². The van der Waals surface area contributed by atoms with Gasteiger partial charge in [0.15, 0.2) is 0 Å². The summed E-state index contributed by atoms with van der Waals surface area (Å²) in [5.41, 5.74) is 1.77. The van der Waals surface area contributed by atoms with Crippen molar-refractivity contribution >= 4 is 26.8 Å². The van der Waals surface area contributed by atoms with Crippen molar-refractivity contribution < 1.29 is 4.39 Å². The molecule has 3 heteroatoms. The Morgan fingerprint density at radius 2 is 2.07 bits per heavy atom. The molecule has 0 fully saturated rings. The lowest BCUT2D eigenvalue weighted by molar-refractivity contribution is 0.359. The summed E-state index contributed by atoms with van der Waals surface area (Å²) >= 11 is 3.41. The van der Waals surface area contributed by atoms with Gasteiger partial charge in [-0.15, -0.1) is 0 Å². The van der Waals surface area contributed by atoms with Crippen LogP contribution in [0.4, 0.5) is 4.39 Å². The Balaban J connectivity index is 2.74. The van der Waals surface area contributed by atoms with Crippen LogP contribution in [0, 0.1) is 0 Å². The Hall–Kier alpha value is -0.830. The van der Waals surface area contributed by atoms with Crippen molar-refractivity contribution in [2.75, 3.05) is 0 Å². The first-order chi connectivity index (χ1) is 6.59. The molecule has 74 valence electrons.